The largest absolute Gasteiger partial charge is 0.489 e. The number of esters is 1. The number of hydrogen-bond acceptors (Lipinski definition) is 8. The third kappa shape index (κ3) is 8.97. The third-order valence-electron chi connectivity index (χ3n) is 6.85. The van der Waals surface area contributed by atoms with Gasteiger partial charge in [-0.1, -0.05) is 90.1 Å². The van der Waals surface area contributed by atoms with Gasteiger partial charge in [0, 0.05) is 18.2 Å². The number of carbonyl (C=O) groups is 2. The van der Waals surface area contributed by atoms with E-state index in [1.54, 1.807) is 11.6 Å². The summed E-state index contributed by atoms with van der Waals surface area (Å²) < 4.78 is 24.7. The highest BCUT2D eigenvalue weighted by molar-refractivity contribution is 5.94. The van der Waals surface area contributed by atoms with Crippen molar-refractivity contribution in [3.8, 4) is 28.4 Å². The average molecular weight is 635 g/mol. The monoisotopic (exact) mass is 634 g/mol. The molecule has 0 aliphatic carbocycles. The van der Waals surface area contributed by atoms with Gasteiger partial charge in [0.1, 0.15) is 41.7 Å². The standard InChI is InChI=1S/C37H38N4O6/c1-5-44-35(42)33-34(29-18-16-26(17-19-29)23-38-36(43)47-37(2,3)4)41(40-39-33)31-21-20-30(45-24-27-12-8-6-9-13-27)22-32(31)46-25-28-14-10-7-11-15-28/h6-22H,5,23-25H2,1-4H3,(H,38,43). The fourth-order valence-electron chi connectivity index (χ4n) is 4.67. The molecule has 0 saturated carbocycles. The molecule has 5 aromatic rings. The number of ether oxygens (including phenoxy) is 4. The molecule has 242 valence electrons. The molecule has 1 aromatic heterocycles. The highest BCUT2D eigenvalue weighted by Crippen LogP contribution is 2.34. The Hall–Kier alpha value is -5.64. The smallest absolute Gasteiger partial charge is 0.407 e. The first-order chi connectivity index (χ1) is 22.7. The number of benzene rings is 4. The number of amides is 1. The molecule has 0 fully saturated rings. The zero-order valence-electron chi connectivity index (χ0n) is 26.9. The lowest BCUT2D eigenvalue weighted by Gasteiger charge is -2.19. The van der Waals surface area contributed by atoms with Crippen LogP contribution in [0.15, 0.2) is 103 Å². The number of rotatable bonds is 12. The summed E-state index contributed by atoms with van der Waals surface area (Å²) >= 11 is 0. The van der Waals surface area contributed by atoms with E-state index in [0.717, 1.165) is 16.7 Å². The second kappa shape index (κ2) is 15.1. The zero-order valence-corrected chi connectivity index (χ0v) is 26.9. The lowest BCUT2D eigenvalue weighted by atomic mass is 10.1. The topological polar surface area (TPSA) is 114 Å². The molecule has 0 aliphatic heterocycles. The van der Waals surface area contributed by atoms with Gasteiger partial charge in [-0.25, -0.2) is 14.3 Å². The van der Waals surface area contributed by atoms with E-state index in [1.165, 1.54) is 0 Å². The zero-order chi connectivity index (χ0) is 33.2. The second-order valence-corrected chi connectivity index (χ2v) is 11.6. The predicted molar refractivity (Wildman–Crippen MR) is 177 cm³/mol. The van der Waals surface area contributed by atoms with Crippen molar-refractivity contribution in [3.63, 3.8) is 0 Å². The summed E-state index contributed by atoms with van der Waals surface area (Å²) in [7, 11) is 0. The number of carbonyl (C=O) groups excluding carboxylic acids is 2. The molecule has 47 heavy (non-hydrogen) atoms. The van der Waals surface area contributed by atoms with Gasteiger partial charge < -0.3 is 24.3 Å². The molecule has 10 heteroatoms. The summed E-state index contributed by atoms with van der Waals surface area (Å²) in [4.78, 5) is 25.2. The van der Waals surface area contributed by atoms with Crippen molar-refractivity contribution >= 4 is 12.1 Å². The van der Waals surface area contributed by atoms with Gasteiger partial charge in [0.25, 0.3) is 0 Å². The number of alkyl carbamates (subject to hydrolysis) is 1. The summed E-state index contributed by atoms with van der Waals surface area (Å²) in [6.07, 6.45) is -0.507. The summed E-state index contributed by atoms with van der Waals surface area (Å²) in [6.45, 7) is 8.28. The van der Waals surface area contributed by atoms with E-state index < -0.39 is 17.7 Å². The maximum absolute atomic E-state index is 13.1. The van der Waals surface area contributed by atoms with Crippen LogP contribution in [0.4, 0.5) is 4.79 Å². The number of nitrogens with one attached hydrogen (secondary N) is 1. The summed E-state index contributed by atoms with van der Waals surface area (Å²) in [5.41, 5.74) is 3.96. The van der Waals surface area contributed by atoms with Crippen LogP contribution in [0.5, 0.6) is 11.5 Å². The van der Waals surface area contributed by atoms with Gasteiger partial charge in [0.2, 0.25) is 0 Å². The third-order valence-corrected chi connectivity index (χ3v) is 6.85. The van der Waals surface area contributed by atoms with E-state index in [-0.39, 0.29) is 18.8 Å². The van der Waals surface area contributed by atoms with Gasteiger partial charge >= 0.3 is 12.1 Å². The lowest BCUT2D eigenvalue weighted by Crippen LogP contribution is -2.32. The number of aromatic nitrogens is 3. The summed E-state index contributed by atoms with van der Waals surface area (Å²) in [5, 5.41) is 11.4. The molecular weight excluding hydrogens is 596 g/mol. The fourth-order valence-corrected chi connectivity index (χ4v) is 4.67. The fraction of sp³-hybridized carbons (Fsp3) is 0.243. The predicted octanol–water partition coefficient (Wildman–Crippen LogP) is 7.29. The Bertz CT molecular complexity index is 1780. The molecule has 1 heterocycles. The Morgan fingerprint density at radius 1 is 0.787 bits per heavy atom. The van der Waals surface area contributed by atoms with Crippen molar-refractivity contribution < 1.29 is 28.5 Å². The van der Waals surface area contributed by atoms with E-state index in [9.17, 15) is 9.59 Å². The molecule has 0 atom stereocenters. The van der Waals surface area contributed by atoms with Gasteiger partial charge in [-0.15, -0.1) is 5.10 Å². The molecule has 0 spiro atoms. The first-order valence-corrected chi connectivity index (χ1v) is 15.4. The molecule has 1 N–H and O–H groups in total. The van der Waals surface area contributed by atoms with E-state index in [1.807, 2.05) is 124 Å². The van der Waals surface area contributed by atoms with Crippen molar-refractivity contribution in [1.82, 2.24) is 20.3 Å². The minimum absolute atomic E-state index is 0.0601. The Kier molecular flexibility index (Phi) is 10.5. The molecular formula is C37H38N4O6. The first-order valence-electron chi connectivity index (χ1n) is 15.4. The van der Waals surface area contributed by atoms with Crippen LogP contribution >= 0.6 is 0 Å². The molecule has 10 nitrogen and oxygen atoms in total. The van der Waals surface area contributed by atoms with Crippen LogP contribution in [0.1, 0.15) is 54.9 Å². The van der Waals surface area contributed by atoms with Crippen molar-refractivity contribution in [1.29, 1.82) is 0 Å². The molecule has 0 bridgehead atoms. The van der Waals surface area contributed by atoms with Crippen LogP contribution in [0.2, 0.25) is 0 Å². The van der Waals surface area contributed by atoms with Crippen LogP contribution in [-0.2, 0) is 29.2 Å². The highest BCUT2D eigenvalue weighted by Gasteiger charge is 2.25. The minimum atomic E-state index is -0.598. The van der Waals surface area contributed by atoms with Gasteiger partial charge in [0.05, 0.1) is 6.61 Å². The van der Waals surface area contributed by atoms with Crippen molar-refractivity contribution in [2.45, 2.75) is 53.1 Å². The van der Waals surface area contributed by atoms with Gasteiger partial charge in [-0.2, -0.15) is 0 Å². The molecule has 0 unspecified atom stereocenters. The number of nitrogens with zero attached hydrogens (tertiary/aromatic N) is 3. The Labute approximate surface area is 274 Å². The molecule has 0 radical (unpaired) electrons. The average Bonchev–Trinajstić information content (AvgIpc) is 3.51. The van der Waals surface area contributed by atoms with E-state index in [2.05, 4.69) is 15.6 Å². The van der Waals surface area contributed by atoms with Crippen LogP contribution in [0.25, 0.3) is 16.9 Å². The van der Waals surface area contributed by atoms with Crippen molar-refractivity contribution in [2.24, 2.45) is 0 Å². The molecule has 4 aromatic carbocycles. The van der Waals surface area contributed by atoms with Crippen molar-refractivity contribution in [2.75, 3.05) is 6.61 Å². The SMILES string of the molecule is CCOC(=O)c1nnn(-c2ccc(OCc3ccccc3)cc2OCc2ccccc2)c1-c1ccc(CNC(=O)OC(C)(C)C)cc1. The molecule has 0 aliphatic rings. The van der Waals surface area contributed by atoms with Crippen LogP contribution in [0.3, 0.4) is 0 Å². The Morgan fingerprint density at radius 2 is 1.43 bits per heavy atom. The highest BCUT2D eigenvalue weighted by atomic mass is 16.6. The maximum atomic E-state index is 13.1. The van der Waals surface area contributed by atoms with Crippen LogP contribution in [0, 0.1) is 0 Å². The first kappa shape index (κ1) is 32.7. The van der Waals surface area contributed by atoms with Gasteiger partial charge in [-0.05, 0) is 56.5 Å². The number of hydrogen-bond donors (Lipinski definition) is 1. The molecule has 0 saturated heterocycles. The van der Waals surface area contributed by atoms with Crippen LogP contribution < -0.4 is 14.8 Å². The normalized spacial score (nSPS) is 11.1. The van der Waals surface area contributed by atoms with Crippen LogP contribution in [-0.4, -0.2) is 39.3 Å². The quantitative estimate of drug-likeness (QED) is 0.142. The van der Waals surface area contributed by atoms with Crippen molar-refractivity contribution in [3.05, 3.63) is 126 Å². The van der Waals surface area contributed by atoms with E-state index in [4.69, 9.17) is 18.9 Å². The van der Waals surface area contributed by atoms with E-state index in [0.29, 0.717) is 41.7 Å². The second-order valence-electron chi connectivity index (χ2n) is 11.6. The molecule has 1 amide bonds. The minimum Gasteiger partial charge on any atom is -0.489 e. The van der Waals surface area contributed by atoms with E-state index >= 15 is 0 Å². The Morgan fingerprint density at radius 3 is 2.04 bits per heavy atom. The van der Waals surface area contributed by atoms with Gasteiger partial charge in [0.15, 0.2) is 5.69 Å². The summed E-state index contributed by atoms with van der Waals surface area (Å²) in [5.74, 6) is 0.493. The lowest BCUT2D eigenvalue weighted by molar-refractivity contribution is 0.0511. The summed E-state index contributed by atoms with van der Waals surface area (Å²) in [6, 6.07) is 32.5. The Balaban J connectivity index is 1.48. The molecule has 5 rings (SSSR count). The maximum Gasteiger partial charge on any atom is 0.407 e. The van der Waals surface area contributed by atoms with Gasteiger partial charge in [-0.3, -0.25) is 0 Å².